The molecular weight excluding hydrogens is 627 g/mol. The van der Waals surface area contributed by atoms with Crippen LogP contribution < -0.4 is 9.46 Å². The lowest BCUT2D eigenvalue weighted by Gasteiger charge is -2.36. The van der Waals surface area contributed by atoms with Gasteiger partial charge in [-0.1, -0.05) is 25.1 Å². The fraction of sp³-hybridized carbons (Fsp3) is 0.562. The average Bonchev–Trinajstić information content (AvgIpc) is 3.01. The predicted molar refractivity (Wildman–Crippen MR) is 167 cm³/mol. The van der Waals surface area contributed by atoms with Gasteiger partial charge in [-0.2, -0.15) is 13.2 Å². The number of carbonyl (C=O) groups excluding carboxylic acids is 2. The Morgan fingerprint density at radius 3 is 2.50 bits per heavy atom. The summed E-state index contributed by atoms with van der Waals surface area (Å²) in [5.41, 5.74) is 0.222. The summed E-state index contributed by atoms with van der Waals surface area (Å²) in [4.78, 5) is 29.4. The Bertz CT molecular complexity index is 1410. The number of halogens is 3. The molecule has 0 saturated carbocycles. The molecule has 46 heavy (non-hydrogen) atoms. The number of nitrogens with one attached hydrogen (secondary N) is 1. The van der Waals surface area contributed by atoms with Crippen molar-refractivity contribution in [2.24, 2.45) is 5.92 Å². The van der Waals surface area contributed by atoms with Gasteiger partial charge >= 0.3 is 6.18 Å². The molecule has 0 bridgehead atoms. The van der Waals surface area contributed by atoms with Crippen LogP contribution in [-0.4, -0.2) is 92.9 Å². The maximum Gasteiger partial charge on any atom is 0.389 e. The predicted octanol–water partition coefficient (Wildman–Crippen LogP) is 5.08. The Kier molecular flexibility index (Phi) is 13.3. The van der Waals surface area contributed by atoms with Gasteiger partial charge in [0.25, 0.3) is 15.9 Å². The number of sulfonamides is 1. The van der Waals surface area contributed by atoms with Gasteiger partial charge in [0.2, 0.25) is 5.91 Å². The number of aliphatic hydroxyl groups is 1. The van der Waals surface area contributed by atoms with E-state index in [1.54, 1.807) is 32.0 Å². The van der Waals surface area contributed by atoms with Crippen LogP contribution in [0.15, 0.2) is 53.4 Å². The van der Waals surface area contributed by atoms with Crippen molar-refractivity contribution in [3.63, 3.8) is 0 Å². The highest BCUT2D eigenvalue weighted by molar-refractivity contribution is 7.92. The zero-order valence-electron chi connectivity index (χ0n) is 26.6. The van der Waals surface area contributed by atoms with E-state index in [4.69, 9.17) is 9.47 Å². The number of anilines is 1. The summed E-state index contributed by atoms with van der Waals surface area (Å²) in [6, 6.07) is 11.6. The number of carbonyl (C=O) groups is 2. The lowest BCUT2D eigenvalue weighted by molar-refractivity contribution is -0.149. The van der Waals surface area contributed by atoms with Gasteiger partial charge in [-0.25, -0.2) is 8.42 Å². The van der Waals surface area contributed by atoms with Crippen LogP contribution in [0.1, 0.15) is 63.2 Å². The second kappa shape index (κ2) is 16.5. The minimum atomic E-state index is -4.45. The van der Waals surface area contributed by atoms with Crippen molar-refractivity contribution < 1.29 is 45.8 Å². The van der Waals surface area contributed by atoms with Crippen LogP contribution >= 0.6 is 0 Å². The van der Waals surface area contributed by atoms with Crippen LogP contribution in [0, 0.1) is 5.92 Å². The van der Waals surface area contributed by atoms with E-state index in [-0.39, 0.29) is 47.7 Å². The van der Waals surface area contributed by atoms with Crippen molar-refractivity contribution in [3.05, 3.63) is 54.1 Å². The molecule has 4 atom stereocenters. The van der Waals surface area contributed by atoms with Gasteiger partial charge in [-0.3, -0.25) is 14.3 Å². The molecule has 256 valence electrons. The number of alkyl halides is 3. The normalized spacial score (nSPS) is 21.0. The fourth-order valence-corrected chi connectivity index (χ4v) is 6.14. The Morgan fingerprint density at radius 1 is 1.15 bits per heavy atom. The molecule has 14 heteroatoms. The van der Waals surface area contributed by atoms with Crippen LogP contribution in [0.4, 0.5) is 18.9 Å². The van der Waals surface area contributed by atoms with Crippen molar-refractivity contribution >= 4 is 27.5 Å². The molecule has 2 aromatic rings. The minimum Gasteiger partial charge on any atom is -0.490 e. The van der Waals surface area contributed by atoms with E-state index in [1.807, 2.05) is 6.92 Å². The summed E-state index contributed by atoms with van der Waals surface area (Å²) in [6.07, 6.45) is -5.30. The Morgan fingerprint density at radius 2 is 1.85 bits per heavy atom. The van der Waals surface area contributed by atoms with Crippen molar-refractivity contribution in [2.75, 3.05) is 38.1 Å². The van der Waals surface area contributed by atoms with Crippen LogP contribution in [0.5, 0.6) is 5.75 Å². The number of fused-ring (bicyclic) bond motifs is 1. The highest BCUT2D eigenvalue weighted by Gasteiger charge is 2.32. The second-order valence-electron chi connectivity index (χ2n) is 11.8. The van der Waals surface area contributed by atoms with Crippen molar-refractivity contribution in [1.82, 2.24) is 9.80 Å². The van der Waals surface area contributed by atoms with Gasteiger partial charge in [0, 0.05) is 44.8 Å². The number of likely N-dealkylation sites (N-methyl/N-ethyl adjacent to an activating group) is 1. The lowest BCUT2D eigenvalue weighted by atomic mass is 10.0. The molecule has 3 rings (SSSR count). The number of amides is 2. The monoisotopic (exact) mass is 671 g/mol. The first-order valence-corrected chi connectivity index (χ1v) is 16.8. The number of hydrogen-bond donors (Lipinski definition) is 2. The number of benzene rings is 2. The van der Waals surface area contributed by atoms with Gasteiger partial charge in [-0.05, 0) is 63.4 Å². The van der Waals surface area contributed by atoms with Crippen molar-refractivity contribution in [2.45, 2.75) is 82.2 Å². The number of ether oxygens (including phenoxy) is 2. The smallest absolute Gasteiger partial charge is 0.389 e. The van der Waals surface area contributed by atoms with Gasteiger partial charge in [0.1, 0.15) is 5.75 Å². The maximum atomic E-state index is 14.2. The third-order valence-electron chi connectivity index (χ3n) is 7.86. The molecule has 1 heterocycles. The Labute approximate surface area is 268 Å². The molecule has 2 aromatic carbocycles. The van der Waals surface area contributed by atoms with Crippen LogP contribution in [-0.2, 0) is 19.6 Å². The largest absolute Gasteiger partial charge is 0.490 e. The number of hydrogen-bond acceptors (Lipinski definition) is 7. The molecule has 2 N–H and O–H groups in total. The van der Waals surface area contributed by atoms with Crippen LogP contribution in [0.2, 0.25) is 0 Å². The molecule has 2 amide bonds. The molecule has 0 spiro atoms. The Hall–Kier alpha value is -3.36. The summed E-state index contributed by atoms with van der Waals surface area (Å²) >= 11 is 0. The zero-order valence-corrected chi connectivity index (χ0v) is 27.4. The number of rotatable bonds is 9. The molecular formula is C32H44F3N3O7S. The van der Waals surface area contributed by atoms with Gasteiger partial charge in [0.15, 0.2) is 0 Å². The van der Waals surface area contributed by atoms with E-state index in [2.05, 4.69) is 4.72 Å². The van der Waals surface area contributed by atoms with Gasteiger partial charge in [-0.15, -0.1) is 0 Å². The summed E-state index contributed by atoms with van der Waals surface area (Å²) in [7, 11) is -2.54. The summed E-state index contributed by atoms with van der Waals surface area (Å²) in [5, 5.41) is 10.1. The van der Waals surface area contributed by atoms with Crippen molar-refractivity contribution in [3.8, 4) is 5.75 Å². The van der Waals surface area contributed by atoms with E-state index in [1.165, 1.54) is 47.2 Å². The average molecular weight is 672 g/mol. The van der Waals surface area contributed by atoms with Gasteiger partial charge in [0.05, 0.1) is 41.7 Å². The second-order valence-corrected chi connectivity index (χ2v) is 13.5. The summed E-state index contributed by atoms with van der Waals surface area (Å²) in [6.45, 7) is 5.33. The minimum absolute atomic E-state index is 0.00884. The van der Waals surface area contributed by atoms with E-state index < -0.39 is 58.9 Å². The van der Waals surface area contributed by atoms with E-state index in [0.29, 0.717) is 25.9 Å². The van der Waals surface area contributed by atoms with E-state index >= 15 is 0 Å². The third-order valence-corrected chi connectivity index (χ3v) is 9.26. The lowest BCUT2D eigenvalue weighted by Crippen LogP contribution is -2.48. The molecule has 10 nitrogen and oxygen atoms in total. The zero-order chi connectivity index (χ0) is 34.1. The first kappa shape index (κ1) is 37.1. The molecule has 0 saturated heterocycles. The number of aliphatic hydroxyl groups excluding tert-OH is 1. The van der Waals surface area contributed by atoms with E-state index in [0.717, 1.165) is 0 Å². The van der Waals surface area contributed by atoms with Crippen LogP contribution in [0.3, 0.4) is 0 Å². The highest BCUT2D eigenvalue weighted by Crippen LogP contribution is 2.30. The first-order valence-electron chi connectivity index (χ1n) is 15.3. The van der Waals surface area contributed by atoms with Crippen LogP contribution in [0.25, 0.3) is 0 Å². The Balaban J connectivity index is 1.95. The maximum absolute atomic E-state index is 14.2. The van der Waals surface area contributed by atoms with Crippen molar-refractivity contribution in [1.29, 1.82) is 0 Å². The SMILES string of the molecule is C[C@@H]1CN([C@@H](C)CO)C(=O)c2cc(NS(=O)(=O)c3ccccc3)ccc2O[C@@H](C)CCCCO[C@@H]1CN(C)C(=O)CCC(F)(F)F. The summed E-state index contributed by atoms with van der Waals surface area (Å²) < 4.78 is 79.1. The van der Waals surface area contributed by atoms with E-state index in [9.17, 15) is 36.3 Å². The summed E-state index contributed by atoms with van der Waals surface area (Å²) in [5.74, 6) is -1.36. The standard InChI is InChI=1S/C32H44F3N3O7S/c1-22-19-38(23(2)21-39)31(41)27-18-25(36-46(42,43)26-11-6-5-7-12-26)13-14-28(27)45-24(3)10-8-9-17-44-29(22)20-37(4)30(40)15-16-32(33,34)35/h5-7,11-14,18,22-24,29,36,39H,8-10,15-17,19-21H2,1-4H3/t22-,23+,24+,29-/m1/s1. The third kappa shape index (κ3) is 10.9. The fourth-order valence-electron chi connectivity index (χ4n) is 5.07. The molecule has 0 unspecified atom stereocenters. The molecule has 1 aliphatic rings. The quantitative estimate of drug-likeness (QED) is 0.381. The number of nitrogens with zero attached hydrogens (tertiary/aromatic N) is 2. The highest BCUT2D eigenvalue weighted by atomic mass is 32.2. The molecule has 0 aromatic heterocycles. The van der Waals surface area contributed by atoms with Gasteiger partial charge < -0.3 is 24.4 Å². The molecule has 1 aliphatic heterocycles. The topological polar surface area (TPSA) is 125 Å². The molecule has 0 fully saturated rings. The first-order chi connectivity index (χ1) is 21.6. The molecule has 0 aliphatic carbocycles. The molecule has 0 radical (unpaired) electrons.